The van der Waals surface area contributed by atoms with Crippen LogP contribution in [0.1, 0.15) is 36.1 Å². The first kappa shape index (κ1) is 16.5. The maximum absolute atomic E-state index is 13.0. The number of rotatable bonds is 3. The molecule has 2 atom stereocenters. The van der Waals surface area contributed by atoms with Gasteiger partial charge in [0.1, 0.15) is 5.82 Å². The molecule has 2 unspecified atom stereocenters. The molecule has 0 bridgehead atoms. The lowest BCUT2D eigenvalue weighted by atomic mass is 9.88. The van der Waals surface area contributed by atoms with Gasteiger partial charge in [0.05, 0.1) is 12.1 Å². The summed E-state index contributed by atoms with van der Waals surface area (Å²) in [7, 11) is 0. The number of aryl methyl sites for hydroxylation is 1. The molecule has 126 valence electrons. The Balaban J connectivity index is 1.68. The molecule has 0 spiro atoms. The molecule has 2 aromatic carbocycles. The molecule has 0 saturated heterocycles. The largest absolute Gasteiger partial charge is 0.393 e. The van der Waals surface area contributed by atoms with Crippen molar-refractivity contribution < 1.29 is 14.3 Å². The highest BCUT2D eigenvalue weighted by Gasteiger charge is 2.20. The summed E-state index contributed by atoms with van der Waals surface area (Å²) in [6.45, 7) is 1.84. The van der Waals surface area contributed by atoms with Crippen molar-refractivity contribution in [3.05, 3.63) is 65.0 Å². The molecule has 3 rings (SSSR count). The van der Waals surface area contributed by atoms with Gasteiger partial charge < -0.3 is 15.7 Å². The number of benzene rings is 2. The number of anilines is 1. The van der Waals surface area contributed by atoms with Gasteiger partial charge in [-0.15, -0.1) is 0 Å². The number of hydrogen-bond donors (Lipinski definition) is 3. The molecule has 3 N–H and O–H groups in total. The Bertz CT molecular complexity index is 731. The molecule has 1 aliphatic carbocycles. The van der Waals surface area contributed by atoms with E-state index in [4.69, 9.17) is 0 Å². The van der Waals surface area contributed by atoms with Gasteiger partial charge in [-0.05, 0) is 54.7 Å². The third kappa shape index (κ3) is 3.74. The molecule has 0 heterocycles. The molecule has 0 aliphatic heterocycles. The molecule has 2 aromatic rings. The first-order valence-corrected chi connectivity index (χ1v) is 8.14. The van der Waals surface area contributed by atoms with E-state index < -0.39 is 0 Å². The van der Waals surface area contributed by atoms with Gasteiger partial charge in [0.2, 0.25) is 0 Å². The van der Waals surface area contributed by atoms with Crippen LogP contribution < -0.4 is 10.6 Å². The summed E-state index contributed by atoms with van der Waals surface area (Å²) in [4.78, 5) is 12.3. The van der Waals surface area contributed by atoms with Crippen molar-refractivity contribution in [1.82, 2.24) is 5.32 Å². The summed E-state index contributed by atoms with van der Waals surface area (Å²) < 4.78 is 13.0. The number of carbonyl (C=O) groups excluding carboxylic acids is 1. The van der Waals surface area contributed by atoms with E-state index in [-0.39, 0.29) is 24.0 Å². The van der Waals surface area contributed by atoms with Crippen molar-refractivity contribution in [2.24, 2.45) is 0 Å². The summed E-state index contributed by atoms with van der Waals surface area (Å²) in [6, 6.07) is 11.3. The van der Waals surface area contributed by atoms with Crippen LogP contribution in [0.5, 0.6) is 0 Å². The number of halogens is 1. The first-order valence-electron chi connectivity index (χ1n) is 8.14. The van der Waals surface area contributed by atoms with E-state index in [0.717, 1.165) is 29.7 Å². The summed E-state index contributed by atoms with van der Waals surface area (Å²) in [6.07, 6.45) is 1.77. The quantitative estimate of drug-likeness (QED) is 0.807. The van der Waals surface area contributed by atoms with Crippen molar-refractivity contribution in [3.8, 4) is 0 Å². The van der Waals surface area contributed by atoms with Crippen molar-refractivity contribution in [2.45, 2.75) is 38.3 Å². The van der Waals surface area contributed by atoms with Crippen LogP contribution in [-0.4, -0.2) is 17.2 Å². The van der Waals surface area contributed by atoms with Crippen molar-refractivity contribution >= 4 is 11.7 Å². The van der Waals surface area contributed by atoms with Crippen LogP contribution in [0.2, 0.25) is 0 Å². The van der Waals surface area contributed by atoms with Gasteiger partial charge >= 0.3 is 6.03 Å². The van der Waals surface area contributed by atoms with Crippen LogP contribution in [0.3, 0.4) is 0 Å². The molecule has 4 nitrogen and oxygen atoms in total. The fourth-order valence-corrected chi connectivity index (χ4v) is 3.08. The summed E-state index contributed by atoms with van der Waals surface area (Å²) in [5, 5.41) is 15.6. The molecule has 0 saturated carbocycles. The smallest absolute Gasteiger partial charge is 0.319 e. The summed E-state index contributed by atoms with van der Waals surface area (Å²) in [5.41, 5.74) is 3.73. The average molecular weight is 328 g/mol. The highest BCUT2D eigenvalue weighted by molar-refractivity contribution is 5.90. The van der Waals surface area contributed by atoms with E-state index in [1.807, 2.05) is 25.1 Å². The molecule has 24 heavy (non-hydrogen) atoms. The Hall–Kier alpha value is -2.40. The van der Waals surface area contributed by atoms with Crippen LogP contribution in [0, 0.1) is 5.82 Å². The second kappa shape index (κ2) is 7.01. The van der Waals surface area contributed by atoms with Crippen molar-refractivity contribution in [3.63, 3.8) is 0 Å². The average Bonchev–Trinajstić information content (AvgIpc) is 2.56. The van der Waals surface area contributed by atoms with Gasteiger partial charge in [-0.25, -0.2) is 9.18 Å². The van der Waals surface area contributed by atoms with Gasteiger partial charge in [0.25, 0.3) is 0 Å². The number of aliphatic hydroxyl groups excluding tert-OH is 1. The number of nitrogens with one attached hydrogen (secondary N) is 2. The zero-order chi connectivity index (χ0) is 17.1. The van der Waals surface area contributed by atoms with Gasteiger partial charge in [-0.2, -0.15) is 0 Å². The topological polar surface area (TPSA) is 61.4 Å². The predicted octanol–water partition coefficient (Wildman–Crippen LogP) is 3.56. The monoisotopic (exact) mass is 328 g/mol. The number of fused-ring (bicyclic) bond motifs is 1. The Morgan fingerprint density at radius 1 is 1.25 bits per heavy atom. The van der Waals surface area contributed by atoms with Gasteiger partial charge in [0, 0.05) is 12.1 Å². The second-order valence-electron chi connectivity index (χ2n) is 6.21. The number of amides is 2. The third-order valence-electron chi connectivity index (χ3n) is 4.43. The highest BCUT2D eigenvalue weighted by atomic mass is 19.1. The van der Waals surface area contributed by atoms with Crippen molar-refractivity contribution in [2.75, 3.05) is 5.32 Å². The summed E-state index contributed by atoms with van der Waals surface area (Å²) in [5.74, 6) is -0.301. The number of carbonyl (C=O) groups is 1. The Kier molecular flexibility index (Phi) is 4.81. The van der Waals surface area contributed by atoms with Gasteiger partial charge in [0.15, 0.2) is 0 Å². The molecule has 1 aliphatic rings. The molecule has 0 aromatic heterocycles. The minimum absolute atomic E-state index is 0.240. The van der Waals surface area contributed by atoms with Crippen LogP contribution >= 0.6 is 0 Å². The molecule has 5 heteroatoms. The molecule has 2 amide bonds. The fraction of sp³-hybridized carbons (Fsp3) is 0.316. The van der Waals surface area contributed by atoms with E-state index >= 15 is 0 Å². The standard InChI is InChI=1S/C19H21FN2O2/c1-12(13-5-8-15(20)9-6-13)21-19(24)22-18-4-2-3-14-7-10-16(23)11-17(14)18/h2-6,8-9,12,16,23H,7,10-11H2,1H3,(H2,21,22,24). The minimum Gasteiger partial charge on any atom is -0.393 e. The maximum atomic E-state index is 13.0. The first-order chi connectivity index (χ1) is 11.5. The highest BCUT2D eigenvalue weighted by Crippen LogP contribution is 2.28. The zero-order valence-electron chi connectivity index (χ0n) is 13.6. The number of aliphatic hydroxyl groups is 1. The summed E-state index contributed by atoms with van der Waals surface area (Å²) >= 11 is 0. The van der Waals surface area contributed by atoms with Crippen LogP contribution in [-0.2, 0) is 12.8 Å². The maximum Gasteiger partial charge on any atom is 0.319 e. The van der Waals surface area contributed by atoms with E-state index in [1.54, 1.807) is 12.1 Å². The van der Waals surface area contributed by atoms with E-state index in [1.165, 1.54) is 17.7 Å². The lowest BCUT2D eigenvalue weighted by Gasteiger charge is -2.24. The Morgan fingerprint density at radius 2 is 2.00 bits per heavy atom. The molecular weight excluding hydrogens is 307 g/mol. The van der Waals surface area contributed by atoms with Gasteiger partial charge in [-0.1, -0.05) is 24.3 Å². The molecular formula is C19H21FN2O2. The third-order valence-corrected chi connectivity index (χ3v) is 4.43. The second-order valence-corrected chi connectivity index (χ2v) is 6.21. The van der Waals surface area contributed by atoms with Crippen LogP contribution in [0.25, 0.3) is 0 Å². The van der Waals surface area contributed by atoms with Crippen LogP contribution in [0.15, 0.2) is 42.5 Å². The van der Waals surface area contributed by atoms with E-state index in [2.05, 4.69) is 10.6 Å². The number of urea groups is 1. The van der Waals surface area contributed by atoms with E-state index in [0.29, 0.717) is 6.42 Å². The lowest BCUT2D eigenvalue weighted by molar-refractivity contribution is 0.159. The molecule has 0 radical (unpaired) electrons. The minimum atomic E-state index is -0.360. The Labute approximate surface area is 140 Å². The lowest BCUT2D eigenvalue weighted by Crippen LogP contribution is -2.32. The normalized spacial score (nSPS) is 17.7. The molecule has 0 fully saturated rings. The van der Waals surface area contributed by atoms with Crippen LogP contribution in [0.4, 0.5) is 14.9 Å². The van der Waals surface area contributed by atoms with Gasteiger partial charge in [-0.3, -0.25) is 0 Å². The predicted molar refractivity (Wildman–Crippen MR) is 91.4 cm³/mol. The number of hydrogen-bond acceptors (Lipinski definition) is 2. The van der Waals surface area contributed by atoms with Crippen molar-refractivity contribution in [1.29, 1.82) is 0 Å². The Morgan fingerprint density at radius 3 is 2.75 bits per heavy atom. The SMILES string of the molecule is CC(NC(=O)Nc1cccc2c1CC(O)CC2)c1ccc(F)cc1. The fourth-order valence-electron chi connectivity index (χ4n) is 3.08. The zero-order valence-corrected chi connectivity index (χ0v) is 13.6. The van der Waals surface area contributed by atoms with E-state index in [9.17, 15) is 14.3 Å².